The molecule has 118 valence electrons. The molecule has 0 saturated heterocycles. The van der Waals surface area contributed by atoms with Crippen molar-refractivity contribution in [2.45, 2.75) is 13.8 Å². The SMILES string of the molecule is CCOC(=O)CNC(=O)c1cc2cc3ccc(C)cc3nc2s1. The third-order valence-corrected chi connectivity index (χ3v) is 4.43. The zero-order valence-corrected chi connectivity index (χ0v) is 13.7. The van der Waals surface area contributed by atoms with Gasteiger partial charge in [0.1, 0.15) is 11.4 Å². The molecule has 0 unspecified atom stereocenters. The molecular weight excluding hydrogens is 312 g/mol. The van der Waals surface area contributed by atoms with Gasteiger partial charge in [-0.25, -0.2) is 4.98 Å². The number of carbonyl (C=O) groups excluding carboxylic acids is 2. The summed E-state index contributed by atoms with van der Waals surface area (Å²) in [6, 6.07) is 9.90. The molecule has 0 aliphatic heterocycles. The van der Waals surface area contributed by atoms with Gasteiger partial charge < -0.3 is 10.1 Å². The number of hydrogen-bond donors (Lipinski definition) is 1. The molecule has 0 atom stereocenters. The van der Waals surface area contributed by atoms with E-state index in [0.29, 0.717) is 11.5 Å². The molecule has 0 aliphatic rings. The number of rotatable bonds is 4. The summed E-state index contributed by atoms with van der Waals surface area (Å²) in [4.78, 5) is 29.4. The van der Waals surface area contributed by atoms with Gasteiger partial charge in [-0.15, -0.1) is 11.3 Å². The maximum Gasteiger partial charge on any atom is 0.325 e. The van der Waals surface area contributed by atoms with Crippen molar-refractivity contribution in [3.63, 3.8) is 0 Å². The van der Waals surface area contributed by atoms with Crippen LogP contribution in [0.15, 0.2) is 30.3 Å². The Morgan fingerprint density at radius 2 is 2.04 bits per heavy atom. The molecule has 0 fully saturated rings. The van der Waals surface area contributed by atoms with E-state index < -0.39 is 5.97 Å². The average molecular weight is 328 g/mol. The highest BCUT2D eigenvalue weighted by atomic mass is 32.1. The average Bonchev–Trinajstić information content (AvgIpc) is 2.93. The Kier molecular flexibility index (Phi) is 4.25. The van der Waals surface area contributed by atoms with Crippen molar-refractivity contribution in [1.29, 1.82) is 0 Å². The number of benzene rings is 1. The highest BCUT2D eigenvalue weighted by Gasteiger charge is 2.13. The Labute approximate surface area is 137 Å². The van der Waals surface area contributed by atoms with Crippen LogP contribution < -0.4 is 5.32 Å². The summed E-state index contributed by atoms with van der Waals surface area (Å²) in [5, 5.41) is 4.53. The van der Waals surface area contributed by atoms with E-state index in [1.807, 2.05) is 31.2 Å². The lowest BCUT2D eigenvalue weighted by atomic mass is 10.1. The molecule has 0 spiro atoms. The number of pyridine rings is 1. The third-order valence-electron chi connectivity index (χ3n) is 3.38. The van der Waals surface area contributed by atoms with E-state index in [-0.39, 0.29) is 12.5 Å². The van der Waals surface area contributed by atoms with E-state index in [0.717, 1.165) is 26.7 Å². The molecular formula is C17H16N2O3S. The summed E-state index contributed by atoms with van der Waals surface area (Å²) in [6.07, 6.45) is 0. The highest BCUT2D eigenvalue weighted by Crippen LogP contribution is 2.27. The van der Waals surface area contributed by atoms with Crippen molar-refractivity contribution in [1.82, 2.24) is 10.3 Å². The molecule has 1 aromatic carbocycles. The highest BCUT2D eigenvalue weighted by molar-refractivity contribution is 7.20. The Balaban J connectivity index is 1.86. The molecule has 23 heavy (non-hydrogen) atoms. The summed E-state index contributed by atoms with van der Waals surface area (Å²) < 4.78 is 4.79. The fourth-order valence-corrected chi connectivity index (χ4v) is 3.24. The predicted molar refractivity (Wildman–Crippen MR) is 90.8 cm³/mol. The molecule has 6 heteroatoms. The van der Waals surface area contributed by atoms with Crippen LogP contribution in [0.1, 0.15) is 22.2 Å². The number of ether oxygens (including phenoxy) is 1. The quantitative estimate of drug-likeness (QED) is 0.748. The van der Waals surface area contributed by atoms with Crippen LogP contribution in [0, 0.1) is 6.92 Å². The van der Waals surface area contributed by atoms with Crippen molar-refractivity contribution >= 4 is 44.3 Å². The van der Waals surface area contributed by atoms with Crippen molar-refractivity contribution < 1.29 is 14.3 Å². The van der Waals surface area contributed by atoms with Crippen LogP contribution in [0.5, 0.6) is 0 Å². The number of nitrogens with zero attached hydrogens (tertiary/aromatic N) is 1. The number of amides is 1. The number of hydrogen-bond acceptors (Lipinski definition) is 5. The minimum Gasteiger partial charge on any atom is -0.465 e. The predicted octanol–water partition coefficient (Wildman–Crippen LogP) is 3.05. The van der Waals surface area contributed by atoms with Crippen molar-refractivity contribution in [2.75, 3.05) is 13.2 Å². The molecule has 5 nitrogen and oxygen atoms in total. The van der Waals surface area contributed by atoms with E-state index >= 15 is 0 Å². The topological polar surface area (TPSA) is 68.3 Å². The molecule has 1 amide bonds. The minimum atomic E-state index is -0.443. The first-order valence-corrected chi connectivity index (χ1v) is 8.13. The maximum atomic E-state index is 12.1. The fraction of sp³-hybridized carbons (Fsp3) is 0.235. The Morgan fingerprint density at radius 1 is 1.22 bits per heavy atom. The van der Waals surface area contributed by atoms with Gasteiger partial charge in [0, 0.05) is 10.8 Å². The second kappa shape index (κ2) is 6.34. The van der Waals surface area contributed by atoms with E-state index in [1.54, 1.807) is 13.0 Å². The van der Waals surface area contributed by atoms with Crippen LogP contribution in [-0.2, 0) is 9.53 Å². The Morgan fingerprint density at radius 3 is 2.83 bits per heavy atom. The first-order chi connectivity index (χ1) is 11.1. The van der Waals surface area contributed by atoms with Crippen LogP contribution in [-0.4, -0.2) is 30.0 Å². The number of carbonyl (C=O) groups is 2. The lowest BCUT2D eigenvalue weighted by Gasteiger charge is -2.02. The maximum absolute atomic E-state index is 12.1. The van der Waals surface area contributed by atoms with Gasteiger partial charge in [0.2, 0.25) is 0 Å². The zero-order valence-electron chi connectivity index (χ0n) is 12.9. The zero-order chi connectivity index (χ0) is 16.4. The molecule has 0 bridgehead atoms. The number of esters is 1. The van der Waals surface area contributed by atoms with Crippen molar-refractivity contribution in [3.05, 3.63) is 40.8 Å². The smallest absolute Gasteiger partial charge is 0.325 e. The minimum absolute atomic E-state index is 0.129. The van der Waals surface area contributed by atoms with E-state index in [1.165, 1.54) is 11.3 Å². The number of fused-ring (bicyclic) bond motifs is 2. The number of aromatic nitrogens is 1. The number of nitrogens with one attached hydrogen (secondary N) is 1. The van der Waals surface area contributed by atoms with Crippen LogP contribution in [0.25, 0.3) is 21.1 Å². The van der Waals surface area contributed by atoms with Crippen LogP contribution in [0.4, 0.5) is 0 Å². The third kappa shape index (κ3) is 3.32. The van der Waals surface area contributed by atoms with Gasteiger partial charge in [0.25, 0.3) is 5.91 Å². The van der Waals surface area contributed by atoms with Crippen LogP contribution in [0.3, 0.4) is 0 Å². The molecule has 0 radical (unpaired) electrons. The lowest BCUT2D eigenvalue weighted by Crippen LogP contribution is -2.30. The van der Waals surface area contributed by atoms with Gasteiger partial charge >= 0.3 is 5.97 Å². The van der Waals surface area contributed by atoms with E-state index in [9.17, 15) is 9.59 Å². The molecule has 2 aromatic heterocycles. The molecule has 1 N–H and O–H groups in total. The number of thiophene rings is 1. The second-order valence-electron chi connectivity index (χ2n) is 5.18. The van der Waals surface area contributed by atoms with Crippen molar-refractivity contribution in [2.24, 2.45) is 0 Å². The Bertz CT molecular complexity index is 901. The largest absolute Gasteiger partial charge is 0.465 e. The summed E-state index contributed by atoms with van der Waals surface area (Å²) in [7, 11) is 0. The second-order valence-corrected chi connectivity index (χ2v) is 6.21. The summed E-state index contributed by atoms with van der Waals surface area (Å²) >= 11 is 1.32. The van der Waals surface area contributed by atoms with Gasteiger partial charge in [0.15, 0.2) is 0 Å². The van der Waals surface area contributed by atoms with Crippen LogP contribution >= 0.6 is 11.3 Å². The van der Waals surface area contributed by atoms with Gasteiger partial charge in [-0.1, -0.05) is 12.1 Å². The summed E-state index contributed by atoms with van der Waals surface area (Å²) in [5.74, 6) is -0.734. The van der Waals surface area contributed by atoms with Gasteiger partial charge in [-0.05, 0) is 37.6 Å². The summed E-state index contributed by atoms with van der Waals surface area (Å²) in [6.45, 7) is 3.92. The fourth-order valence-electron chi connectivity index (χ4n) is 2.30. The first-order valence-electron chi connectivity index (χ1n) is 7.31. The monoisotopic (exact) mass is 328 g/mol. The molecule has 3 rings (SSSR count). The van der Waals surface area contributed by atoms with Gasteiger partial charge in [-0.3, -0.25) is 9.59 Å². The Hall–Kier alpha value is -2.47. The number of aryl methyl sites for hydroxylation is 1. The van der Waals surface area contributed by atoms with E-state index in [4.69, 9.17) is 4.74 Å². The van der Waals surface area contributed by atoms with E-state index in [2.05, 4.69) is 10.3 Å². The first kappa shape index (κ1) is 15.4. The van der Waals surface area contributed by atoms with Crippen LogP contribution in [0.2, 0.25) is 0 Å². The normalized spacial score (nSPS) is 10.9. The molecule has 3 aromatic rings. The lowest BCUT2D eigenvalue weighted by molar-refractivity contribution is -0.141. The summed E-state index contributed by atoms with van der Waals surface area (Å²) in [5.41, 5.74) is 2.06. The molecule has 0 aliphatic carbocycles. The van der Waals surface area contributed by atoms with Gasteiger partial charge in [0.05, 0.1) is 17.0 Å². The molecule has 2 heterocycles. The standard InChI is InChI=1S/C17H16N2O3S/c1-3-22-15(20)9-18-16(21)14-8-12-7-11-5-4-10(2)6-13(11)19-17(12)23-14/h4-8H,3,9H2,1-2H3,(H,18,21). The van der Waals surface area contributed by atoms with Crippen molar-refractivity contribution in [3.8, 4) is 0 Å². The molecule has 0 saturated carbocycles. The van der Waals surface area contributed by atoms with Gasteiger partial charge in [-0.2, -0.15) is 0 Å².